The monoisotopic (exact) mass is 297 g/mol. The SMILES string of the molecule is O=C(Cn1nc2c(cc1=O)CCCCC2)Nc1ccccc1. The zero-order valence-corrected chi connectivity index (χ0v) is 12.4. The van der Waals surface area contributed by atoms with Gasteiger partial charge in [0.15, 0.2) is 0 Å². The molecule has 1 aromatic heterocycles. The third kappa shape index (κ3) is 3.42. The molecule has 1 aromatic carbocycles. The molecule has 0 radical (unpaired) electrons. The van der Waals surface area contributed by atoms with Crippen molar-refractivity contribution >= 4 is 11.6 Å². The van der Waals surface area contributed by atoms with E-state index in [2.05, 4.69) is 10.4 Å². The normalized spacial score (nSPS) is 14.0. The molecule has 0 aliphatic heterocycles. The third-order valence-electron chi connectivity index (χ3n) is 3.87. The van der Waals surface area contributed by atoms with E-state index in [9.17, 15) is 9.59 Å². The second-order valence-electron chi connectivity index (χ2n) is 5.59. The molecule has 0 bridgehead atoms. The first-order valence-corrected chi connectivity index (χ1v) is 7.67. The topological polar surface area (TPSA) is 64.0 Å². The average Bonchev–Trinajstić information content (AvgIpc) is 2.73. The van der Waals surface area contributed by atoms with Gasteiger partial charge in [-0.1, -0.05) is 24.6 Å². The summed E-state index contributed by atoms with van der Waals surface area (Å²) in [5, 5.41) is 7.17. The molecule has 5 nitrogen and oxygen atoms in total. The minimum Gasteiger partial charge on any atom is -0.324 e. The number of hydrogen-bond acceptors (Lipinski definition) is 3. The highest BCUT2D eigenvalue weighted by Crippen LogP contribution is 2.16. The molecule has 3 rings (SSSR count). The molecule has 22 heavy (non-hydrogen) atoms. The maximum absolute atomic E-state index is 12.1. The van der Waals surface area contributed by atoms with Crippen molar-refractivity contribution in [1.29, 1.82) is 0 Å². The Kier molecular flexibility index (Phi) is 4.32. The van der Waals surface area contributed by atoms with Gasteiger partial charge >= 0.3 is 0 Å². The van der Waals surface area contributed by atoms with E-state index in [0.29, 0.717) is 0 Å². The van der Waals surface area contributed by atoms with Crippen LogP contribution in [0.1, 0.15) is 30.5 Å². The molecule has 5 heteroatoms. The summed E-state index contributed by atoms with van der Waals surface area (Å²) in [6.45, 7) is -0.0546. The van der Waals surface area contributed by atoms with Crippen LogP contribution in [0.4, 0.5) is 5.69 Å². The van der Waals surface area contributed by atoms with Crippen molar-refractivity contribution in [1.82, 2.24) is 9.78 Å². The zero-order chi connectivity index (χ0) is 15.4. The van der Waals surface area contributed by atoms with Crippen LogP contribution in [0.5, 0.6) is 0 Å². The number of rotatable bonds is 3. The number of para-hydroxylation sites is 1. The van der Waals surface area contributed by atoms with E-state index in [1.54, 1.807) is 6.07 Å². The largest absolute Gasteiger partial charge is 0.324 e. The van der Waals surface area contributed by atoms with E-state index in [-0.39, 0.29) is 18.0 Å². The summed E-state index contributed by atoms with van der Waals surface area (Å²) in [7, 11) is 0. The highest BCUT2D eigenvalue weighted by molar-refractivity contribution is 5.90. The average molecular weight is 297 g/mol. The van der Waals surface area contributed by atoms with Gasteiger partial charge in [-0.05, 0) is 43.4 Å². The first-order chi connectivity index (χ1) is 10.7. The maximum Gasteiger partial charge on any atom is 0.267 e. The van der Waals surface area contributed by atoms with Crippen molar-refractivity contribution in [3.8, 4) is 0 Å². The quantitative estimate of drug-likeness (QED) is 0.883. The number of carbonyl (C=O) groups excluding carboxylic acids is 1. The number of aryl methyl sites for hydroxylation is 2. The molecule has 0 spiro atoms. The van der Waals surface area contributed by atoms with Gasteiger partial charge in [-0.25, -0.2) is 4.68 Å². The van der Waals surface area contributed by atoms with E-state index in [1.807, 2.05) is 30.3 Å². The van der Waals surface area contributed by atoms with Crippen LogP contribution in [0.3, 0.4) is 0 Å². The first kappa shape index (κ1) is 14.5. The number of anilines is 1. The van der Waals surface area contributed by atoms with Crippen LogP contribution in [-0.4, -0.2) is 15.7 Å². The number of benzene rings is 1. The molecular weight excluding hydrogens is 278 g/mol. The fraction of sp³-hybridized carbons (Fsp3) is 0.353. The first-order valence-electron chi connectivity index (χ1n) is 7.67. The lowest BCUT2D eigenvalue weighted by Crippen LogP contribution is -2.30. The lowest BCUT2D eigenvalue weighted by molar-refractivity contribution is -0.117. The smallest absolute Gasteiger partial charge is 0.267 e. The minimum atomic E-state index is -0.241. The molecule has 114 valence electrons. The summed E-state index contributed by atoms with van der Waals surface area (Å²) in [5.74, 6) is -0.241. The Morgan fingerprint density at radius 1 is 1.14 bits per heavy atom. The summed E-state index contributed by atoms with van der Waals surface area (Å²) in [6.07, 6.45) is 5.16. The van der Waals surface area contributed by atoms with Gasteiger partial charge < -0.3 is 5.32 Å². The van der Waals surface area contributed by atoms with Crippen molar-refractivity contribution in [2.24, 2.45) is 0 Å². The van der Waals surface area contributed by atoms with Crippen LogP contribution >= 0.6 is 0 Å². The van der Waals surface area contributed by atoms with Gasteiger partial charge in [0.25, 0.3) is 5.56 Å². The van der Waals surface area contributed by atoms with Gasteiger partial charge in [-0.2, -0.15) is 5.10 Å². The number of fused-ring (bicyclic) bond motifs is 1. The van der Waals surface area contributed by atoms with Crippen LogP contribution in [-0.2, 0) is 24.2 Å². The Bertz CT molecular complexity index is 722. The number of aromatic nitrogens is 2. The maximum atomic E-state index is 12.1. The third-order valence-corrected chi connectivity index (χ3v) is 3.87. The predicted molar refractivity (Wildman–Crippen MR) is 84.8 cm³/mol. The van der Waals surface area contributed by atoms with Gasteiger partial charge in [0.2, 0.25) is 5.91 Å². The summed E-state index contributed by atoms with van der Waals surface area (Å²) >= 11 is 0. The molecule has 0 saturated carbocycles. The Morgan fingerprint density at radius 3 is 2.73 bits per heavy atom. The molecule has 2 aromatic rings. The molecule has 1 amide bonds. The molecular formula is C17H19N3O2. The van der Waals surface area contributed by atoms with Crippen molar-refractivity contribution < 1.29 is 4.79 Å². The molecule has 0 fully saturated rings. The molecule has 1 heterocycles. The second kappa shape index (κ2) is 6.56. The highest BCUT2D eigenvalue weighted by Gasteiger charge is 2.13. The minimum absolute atomic E-state index is 0.0546. The number of nitrogens with zero attached hydrogens (tertiary/aromatic N) is 2. The molecule has 1 N–H and O–H groups in total. The fourth-order valence-corrected chi connectivity index (χ4v) is 2.75. The molecule has 0 saturated heterocycles. The molecule has 0 atom stereocenters. The van der Waals surface area contributed by atoms with Crippen molar-refractivity contribution in [3.05, 3.63) is 58.0 Å². The van der Waals surface area contributed by atoms with Crippen LogP contribution in [0, 0.1) is 0 Å². The van der Waals surface area contributed by atoms with Crippen LogP contribution < -0.4 is 10.9 Å². The van der Waals surface area contributed by atoms with Crippen molar-refractivity contribution in [2.75, 3.05) is 5.32 Å². The molecule has 1 aliphatic carbocycles. The fourth-order valence-electron chi connectivity index (χ4n) is 2.75. The van der Waals surface area contributed by atoms with Gasteiger partial charge in [0, 0.05) is 11.8 Å². The van der Waals surface area contributed by atoms with Gasteiger partial charge in [0.1, 0.15) is 6.54 Å². The van der Waals surface area contributed by atoms with E-state index in [1.165, 1.54) is 11.1 Å². The Hall–Kier alpha value is -2.43. The Labute approximate surface area is 129 Å². The number of hydrogen-bond donors (Lipinski definition) is 1. The number of carbonyl (C=O) groups is 1. The van der Waals surface area contributed by atoms with Crippen molar-refractivity contribution in [3.63, 3.8) is 0 Å². The summed E-state index contributed by atoms with van der Waals surface area (Å²) in [4.78, 5) is 24.2. The predicted octanol–water partition coefficient (Wildman–Crippen LogP) is 2.15. The van der Waals surface area contributed by atoms with Gasteiger partial charge in [0.05, 0.1) is 5.69 Å². The number of amides is 1. The summed E-state index contributed by atoms with van der Waals surface area (Å²) in [6, 6.07) is 10.8. The zero-order valence-electron chi connectivity index (χ0n) is 12.4. The van der Waals surface area contributed by atoms with Gasteiger partial charge in [-0.15, -0.1) is 0 Å². The molecule has 1 aliphatic rings. The second-order valence-corrected chi connectivity index (χ2v) is 5.59. The summed E-state index contributed by atoms with van der Waals surface area (Å²) in [5.41, 5.74) is 2.52. The standard InChI is InChI=1S/C17H19N3O2/c21-16(18-14-8-4-2-5-9-14)12-20-17(22)11-13-7-3-1-6-10-15(13)19-20/h2,4-5,8-9,11H,1,3,6-7,10,12H2,(H,18,21). The number of nitrogens with one attached hydrogen (secondary N) is 1. The van der Waals surface area contributed by atoms with E-state index in [0.717, 1.165) is 42.6 Å². The van der Waals surface area contributed by atoms with E-state index < -0.39 is 0 Å². The van der Waals surface area contributed by atoms with E-state index in [4.69, 9.17) is 0 Å². The van der Waals surface area contributed by atoms with E-state index >= 15 is 0 Å². The van der Waals surface area contributed by atoms with Crippen LogP contribution in [0.2, 0.25) is 0 Å². The molecule has 0 unspecified atom stereocenters. The highest BCUT2D eigenvalue weighted by atomic mass is 16.2. The van der Waals surface area contributed by atoms with Crippen LogP contribution in [0.25, 0.3) is 0 Å². The lowest BCUT2D eigenvalue weighted by Gasteiger charge is -2.10. The lowest BCUT2D eigenvalue weighted by atomic mass is 10.1. The van der Waals surface area contributed by atoms with Gasteiger partial charge in [-0.3, -0.25) is 9.59 Å². The summed E-state index contributed by atoms with van der Waals surface area (Å²) < 4.78 is 1.27. The van der Waals surface area contributed by atoms with Crippen LogP contribution in [0.15, 0.2) is 41.2 Å². The Morgan fingerprint density at radius 2 is 1.91 bits per heavy atom. The Balaban J connectivity index is 1.76. The van der Waals surface area contributed by atoms with Crippen molar-refractivity contribution in [2.45, 2.75) is 38.6 Å².